The number of aromatic nitrogens is 8. The average molecular weight is 999 g/mol. The monoisotopic (exact) mass is 998 g/mol. The number of carboxylic acids is 1. The predicted octanol–water partition coefficient (Wildman–Crippen LogP) is 12.8. The molecule has 4 aromatic carbocycles. The summed E-state index contributed by atoms with van der Waals surface area (Å²) in [6, 6.07) is 36.5. The van der Waals surface area contributed by atoms with Gasteiger partial charge in [-0.1, -0.05) is 132 Å². The molecule has 0 amide bonds. The lowest BCUT2D eigenvalue weighted by Gasteiger charge is -2.05. The zero-order valence-electron chi connectivity index (χ0n) is 37.0. The van der Waals surface area contributed by atoms with Crippen molar-refractivity contribution in [3.8, 4) is 55.3 Å². The molecular formula is C50H38N12O4S4. The molecule has 10 aromatic rings. The Bertz CT molecular complexity index is 3710. The smallest absolute Gasteiger partial charge is 0.303 e. The van der Waals surface area contributed by atoms with Gasteiger partial charge in [-0.15, -0.1) is 43.1 Å². The fourth-order valence-electron chi connectivity index (χ4n) is 7.89. The molecule has 11 rings (SSSR count). The van der Waals surface area contributed by atoms with Crippen molar-refractivity contribution in [2.45, 2.75) is 44.9 Å². The van der Waals surface area contributed by atoms with E-state index in [0.29, 0.717) is 50.4 Å². The largest absolute Gasteiger partial charge is 0.481 e. The number of benzene rings is 4. The van der Waals surface area contributed by atoms with Crippen LogP contribution in [0.4, 0.5) is 21.6 Å². The highest BCUT2D eigenvalue weighted by Gasteiger charge is 2.29. The molecule has 0 saturated heterocycles. The molecule has 1 aliphatic rings. The van der Waals surface area contributed by atoms with E-state index in [1.807, 2.05) is 133 Å². The molecule has 1 saturated carbocycles. The molecule has 0 radical (unpaired) electrons. The average Bonchev–Trinajstić information content (AvgIpc) is 3.94. The number of aliphatic carboxylic acids is 1. The van der Waals surface area contributed by atoms with E-state index >= 15 is 0 Å². The van der Waals surface area contributed by atoms with E-state index in [0.717, 1.165) is 61.9 Å². The third-order valence-electron chi connectivity index (χ3n) is 11.5. The summed E-state index contributed by atoms with van der Waals surface area (Å²) in [7, 11) is 0. The number of carboxylic acid groups (broad SMARTS) is 1. The topological polar surface area (TPSA) is 214 Å². The first-order valence-corrected chi connectivity index (χ1v) is 25.5. The van der Waals surface area contributed by atoms with Crippen LogP contribution in [0.3, 0.4) is 0 Å². The minimum absolute atomic E-state index is 0.0652. The standard InChI is InChI=1S/C50H38N12O4S4/c1-28-40(33-20-21-33)54-48(69-28)58-56-44-42(60-62(46(44)66)50-53-37(27-68-50)31-15-7-3-8-16-31)34-19-11-12-29(24-34)25-38-35(22-23-39(63)64)51-47(70-38)57-55-43-41(32-17-9-4-10-18-32)59-61(45(43)65)49-52-36(26-67-49)30-13-5-2-6-14-30/h2-19,24,26-27,33,59-60H,20-23,25H2,1H3,(H,63,64). The Labute approximate surface area is 414 Å². The summed E-state index contributed by atoms with van der Waals surface area (Å²) < 4.78 is 2.76. The number of hydrogen-bond acceptors (Lipinski definition) is 15. The van der Waals surface area contributed by atoms with E-state index in [9.17, 15) is 19.5 Å². The Hall–Kier alpha value is -7.91. The lowest BCUT2D eigenvalue weighted by atomic mass is 10.0. The van der Waals surface area contributed by atoms with Gasteiger partial charge in [-0.05, 0) is 31.4 Å². The van der Waals surface area contributed by atoms with E-state index in [2.05, 4.69) is 30.7 Å². The van der Waals surface area contributed by atoms with Crippen molar-refractivity contribution >= 4 is 73.0 Å². The van der Waals surface area contributed by atoms with Crippen molar-refractivity contribution in [1.82, 2.24) is 39.5 Å². The van der Waals surface area contributed by atoms with Crippen LogP contribution in [0.2, 0.25) is 0 Å². The molecular weight excluding hydrogens is 961 g/mol. The number of aryl methyl sites for hydroxylation is 2. The van der Waals surface area contributed by atoms with Crippen LogP contribution >= 0.6 is 45.3 Å². The van der Waals surface area contributed by atoms with Gasteiger partial charge in [0.15, 0.2) is 11.4 Å². The summed E-state index contributed by atoms with van der Waals surface area (Å²) in [6.45, 7) is 2.03. The first-order valence-electron chi connectivity index (χ1n) is 22.1. The number of hydrogen-bond donors (Lipinski definition) is 3. The van der Waals surface area contributed by atoms with Crippen LogP contribution in [0.5, 0.6) is 0 Å². The van der Waals surface area contributed by atoms with Crippen LogP contribution < -0.4 is 11.1 Å². The maximum atomic E-state index is 14.3. The predicted molar refractivity (Wildman–Crippen MR) is 274 cm³/mol. The Morgan fingerprint density at radius 2 is 1.19 bits per heavy atom. The molecule has 16 nitrogen and oxygen atoms in total. The lowest BCUT2D eigenvalue weighted by Crippen LogP contribution is -2.13. The molecule has 0 atom stereocenters. The third-order valence-corrected chi connectivity index (χ3v) is 15.0. The number of carbonyl (C=O) groups is 1. The van der Waals surface area contributed by atoms with E-state index < -0.39 is 17.1 Å². The van der Waals surface area contributed by atoms with Crippen molar-refractivity contribution in [2.24, 2.45) is 20.5 Å². The highest BCUT2D eigenvalue weighted by atomic mass is 32.1. The summed E-state index contributed by atoms with van der Waals surface area (Å²) in [5.74, 6) is -0.521. The molecule has 0 unspecified atom stereocenters. The lowest BCUT2D eigenvalue weighted by molar-refractivity contribution is -0.136. The number of thiazole rings is 4. The van der Waals surface area contributed by atoms with Crippen LogP contribution in [-0.2, 0) is 17.6 Å². The number of H-pyrrole nitrogens is 2. The molecule has 6 heterocycles. The summed E-state index contributed by atoms with van der Waals surface area (Å²) in [5.41, 5.74) is 7.33. The Kier molecular flexibility index (Phi) is 12.3. The SMILES string of the molecule is Cc1sc(N=Nc2c(-c3cccc(Cc4sc(N=Nc5c(-c6ccccc6)[nH]n(-c6nc(-c7ccccc7)cs6)c5=O)nc4CCC(=O)O)c3)[nH]n(-c3nc(-c4ccccc4)cs3)c2=O)nc1C1CC1. The van der Waals surface area contributed by atoms with E-state index in [-0.39, 0.29) is 29.3 Å². The minimum Gasteiger partial charge on any atom is -0.481 e. The summed E-state index contributed by atoms with van der Waals surface area (Å²) >= 11 is 5.36. The van der Waals surface area contributed by atoms with Crippen LogP contribution in [0, 0.1) is 6.92 Å². The van der Waals surface area contributed by atoms with Crippen LogP contribution in [-0.4, -0.2) is 50.6 Å². The molecule has 70 heavy (non-hydrogen) atoms. The normalized spacial score (nSPS) is 12.8. The van der Waals surface area contributed by atoms with Crippen molar-refractivity contribution in [3.05, 3.63) is 173 Å². The molecule has 6 aromatic heterocycles. The molecule has 0 aliphatic heterocycles. The van der Waals surface area contributed by atoms with Gasteiger partial charge in [0.25, 0.3) is 0 Å². The van der Waals surface area contributed by atoms with Gasteiger partial charge in [-0.3, -0.25) is 24.6 Å². The third kappa shape index (κ3) is 9.31. The maximum absolute atomic E-state index is 14.3. The van der Waals surface area contributed by atoms with Gasteiger partial charge < -0.3 is 5.11 Å². The minimum atomic E-state index is -0.968. The molecule has 3 N–H and O–H groups in total. The van der Waals surface area contributed by atoms with E-state index in [1.54, 1.807) is 0 Å². The molecule has 20 heteroatoms. The van der Waals surface area contributed by atoms with Gasteiger partial charge in [-0.2, -0.15) is 9.36 Å². The summed E-state index contributed by atoms with van der Waals surface area (Å²) in [5, 5.41) is 39.6. The molecule has 1 fully saturated rings. The first-order chi connectivity index (χ1) is 34.2. The number of nitrogens with one attached hydrogen (secondary N) is 2. The summed E-state index contributed by atoms with van der Waals surface area (Å²) in [6.07, 6.45) is 2.56. The second-order valence-electron chi connectivity index (χ2n) is 16.3. The first kappa shape index (κ1) is 44.6. The number of rotatable bonds is 16. The molecule has 346 valence electrons. The number of nitrogens with zero attached hydrogens (tertiary/aromatic N) is 10. The molecule has 1 aliphatic carbocycles. The second-order valence-corrected chi connectivity index (χ2v) is 20.2. The maximum Gasteiger partial charge on any atom is 0.303 e. The summed E-state index contributed by atoms with van der Waals surface area (Å²) in [4.78, 5) is 61.2. The van der Waals surface area contributed by atoms with Crippen molar-refractivity contribution in [2.75, 3.05) is 0 Å². The van der Waals surface area contributed by atoms with Gasteiger partial charge in [0.1, 0.15) is 0 Å². The fraction of sp³-hybridized carbons (Fsp3) is 0.140. The zero-order chi connectivity index (χ0) is 47.7. The second kappa shape index (κ2) is 19.2. The Balaban J connectivity index is 0.929. The van der Waals surface area contributed by atoms with Crippen LogP contribution in [0.1, 0.15) is 51.9 Å². The molecule has 0 bridgehead atoms. The fourth-order valence-corrected chi connectivity index (χ4v) is 11.2. The quantitative estimate of drug-likeness (QED) is 0.0790. The van der Waals surface area contributed by atoms with Gasteiger partial charge in [0, 0.05) is 61.5 Å². The van der Waals surface area contributed by atoms with Crippen molar-refractivity contribution in [1.29, 1.82) is 0 Å². The van der Waals surface area contributed by atoms with Gasteiger partial charge in [0.05, 0.1) is 40.6 Å². The van der Waals surface area contributed by atoms with Crippen LogP contribution in [0.25, 0.3) is 55.3 Å². The number of azo groups is 2. The zero-order valence-corrected chi connectivity index (χ0v) is 40.3. The Morgan fingerprint density at radius 1 is 0.657 bits per heavy atom. The Morgan fingerprint density at radius 3 is 1.74 bits per heavy atom. The van der Waals surface area contributed by atoms with Gasteiger partial charge >= 0.3 is 17.1 Å². The number of aromatic amines is 2. The van der Waals surface area contributed by atoms with E-state index in [1.165, 1.54) is 54.7 Å². The highest BCUT2D eigenvalue weighted by Crippen LogP contribution is 2.44. The van der Waals surface area contributed by atoms with Gasteiger partial charge in [0.2, 0.25) is 20.5 Å². The van der Waals surface area contributed by atoms with Crippen molar-refractivity contribution < 1.29 is 9.90 Å². The van der Waals surface area contributed by atoms with Crippen LogP contribution in [0.15, 0.2) is 156 Å². The van der Waals surface area contributed by atoms with E-state index in [4.69, 9.17) is 19.9 Å². The van der Waals surface area contributed by atoms with Crippen molar-refractivity contribution in [3.63, 3.8) is 0 Å². The van der Waals surface area contributed by atoms with Gasteiger partial charge in [-0.25, -0.2) is 19.9 Å². The molecule has 0 spiro atoms. The highest BCUT2D eigenvalue weighted by molar-refractivity contribution is 7.15.